The van der Waals surface area contributed by atoms with Gasteiger partial charge in [0, 0.05) is 13.1 Å². The predicted molar refractivity (Wildman–Crippen MR) is 77.5 cm³/mol. The van der Waals surface area contributed by atoms with Crippen molar-refractivity contribution in [1.82, 2.24) is 10.3 Å². The third-order valence-corrected chi connectivity index (χ3v) is 4.63. The van der Waals surface area contributed by atoms with E-state index in [1.165, 1.54) is 23.3 Å². The lowest BCUT2D eigenvalue weighted by atomic mass is 9.90. The van der Waals surface area contributed by atoms with Crippen LogP contribution in [0.4, 0.5) is 5.13 Å². The topological polar surface area (TPSA) is 37.0 Å². The van der Waals surface area contributed by atoms with Crippen LogP contribution in [0, 0.1) is 12.0 Å². The number of nitrogens with zero attached hydrogens (tertiary/aromatic N) is 1. The first-order valence-corrected chi connectivity index (χ1v) is 7.31. The first-order chi connectivity index (χ1) is 8.76. The van der Waals surface area contributed by atoms with Crippen LogP contribution in [0.15, 0.2) is 5.57 Å². The molecule has 2 heterocycles. The van der Waals surface area contributed by atoms with Crippen LogP contribution in [0.25, 0.3) is 12.2 Å². The first kappa shape index (κ1) is 11.8. The van der Waals surface area contributed by atoms with Gasteiger partial charge in [0.25, 0.3) is 0 Å². The minimum Gasteiger partial charge on any atom is -0.364 e. The molecule has 0 amide bonds. The lowest BCUT2D eigenvalue weighted by Crippen LogP contribution is -2.39. The number of hydrogen-bond acceptors (Lipinski definition) is 4. The van der Waals surface area contributed by atoms with E-state index in [0.29, 0.717) is 6.04 Å². The Morgan fingerprint density at radius 1 is 1.50 bits per heavy atom. The molecule has 1 aliphatic heterocycles. The summed E-state index contributed by atoms with van der Waals surface area (Å²) in [7, 11) is 1.91. The van der Waals surface area contributed by atoms with E-state index in [-0.39, 0.29) is 0 Å². The van der Waals surface area contributed by atoms with E-state index < -0.39 is 0 Å². The van der Waals surface area contributed by atoms with Crippen LogP contribution in [0.5, 0.6) is 0 Å². The highest BCUT2D eigenvalue weighted by Crippen LogP contribution is 2.31. The Morgan fingerprint density at radius 3 is 3.11 bits per heavy atom. The third kappa shape index (κ3) is 2.19. The Kier molecular flexibility index (Phi) is 3.16. The smallest absolute Gasteiger partial charge is 0.198 e. The van der Waals surface area contributed by atoms with E-state index in [0.717, 1.165) is 23.3 Å². The normalized spacial score (nSPS) is 26.2. The summed E-state index contributed by atoms with van der Waals surface area (Å²) >= 11 is 1.68. The summed E-state index contributed by atoms with van der Waals surface area (Å²) < 4.78 is 0. The predicted octanol–water partition coefficient (Wildman–Crippen LogP) is 2.79. The van der Waals surface area contributed by atoms with E-state index in [9.17, 15) is 0 Å². The van der Waals surface area contributed by atoms with Gasteiger partial charge in [0.15, 0.2) is 15.7 Å². The van der Waals surface area contributed by atoms with Crippen LogP contribution >= 0.6 is 11.3 Å². The minimum absolute atomic E-state index is 0.449. The molecule has 0 saturated carbocycles. The molecule has 4 heteroatoms. The second kappa shape index (κ2) is 4.81. The van der Waals surface area contributed by atoms with Gasteiger partial charge in [0.05, 0.1) is 12.1 Å². The summed E-state index contributed by atoms with van der Waals surface area (Å²) in [6, 6.07) is 0.449. The van der Waals surface area contributed by atoms with E-state index in [2.05, 4.69) is 40.8 Å². The second-order valence-corrected chi connectivity index (χ2v) is 6.08. The molecular formula is C14H18N3S+. The van der Waals surface area contributed by atoms with Crippen molar-refractivity contribution in [3.05, 3.63) is 22.2 Å². The molecule has 1 saturated heterocycles. The first-order valence-electron chi connectivity index (χ1n) is 6.49. The quantitative estimate of drug-likeness (QED) is 0.803. The van der Waals surface area contributed by atoms with Crippen molar-refractivity contribution in [3.63, 3.8) is 0 Å². The highest BCUT2D eigenvalue weighted by atomic mass is 32.1. The molecule has 1 aromatic heterocycles. The van der Waals surface area contributed by atoms with Crippen molar-refractivity contribution < 1.29 is 0 Å². The molecule has 0 bridgehead atoms. The molecule has 0 radical (unpaired) electrons. The van der Waals surface area contributed by atoms with Crippen molar-refractivity contribution in [2.24, 2.45) is 5.92 Å². The molecule has 2 N–H and O–H groups in total. The Balaban J connectivity index is 1.81. The Labute approximate surface area is 112 Å². The number of nitrogens with one attached hydrogen (secondary N) is 2. The standard InChI is InChI=1S/C14H18N3S/c1-9-3-5-11(16-8-9)10-4-6-13-12(7-10)17-14(15-2)18-13/h6-7,9,11,16H,3,5,8H2,1-2H3,(H,15,17)/q+1. The maximum atomic E-state index is 4.56. The van der Waals surface area contributed by atoms with E-state index in [1.807, 2.05) is 7.05 Å². The molecule has 18 heavy (non-hydrogen) atoms. The average Bonchev–Trinajstić information content (AvgIpc) is 2.81. The van der Waals surface area contributed by atoms with E-state index in [1.54, 1.807) is 11.3 Å². The van der Waals surface area contributed by atoms with Gasteiger partial charge in [0.2, 0.25) is 0 Å². The maximum absolute atomic E-state index is 4.56. The van der Waals surface area contributed by atoms with Gasteiger partial charge < -0.3 is 10.6 Å². The van der Waals surface area contributed by atoms with Crippen molar-refractivity contribution >= 4 is 28.6 Å². The van der Waals surface area contributed by atoms with Crippen LogP contribution < -0.4 is 10.6 Å². The lowest BCUT2D eigenvalue weighted by molar-refractivity contribution is 0.356. The Morgan fingerprint density at radius 2 is 2.39 bits per heavy atom. The van der Waals surface area contributed by atoms with Gasteiger partial charge in [-0.05, 0) is 36.6 Å². The molecule has 1 fully saturated rings. The van der Waals surface area contributed by atoms with Crippen molar-refractivity contribution in [1.29, 1.82) is 0 Å². The largest absolute Gasteiger partial charge is 0.364 e. The Hall–Kier alpha value is -1.22. The van der Waals surface area contributed by atoms with Crippen molar-refractivity contribution in [2.75, 3.05) is 18.9 Å². The summed E-state index contributed by atoms with van der Waals surface area (Å²) in [5, 5.41) is 7.67. The molecular weight excluding hydrogens is 242 g/mol. The minimum atomic E-state index is 0.449. The monoisotopic (exact) mass is 260 g/mol. The number of rotatable bonds is 2. The molecule has 3 rings (SSSR count). The number of aromatic nitrogens is 1. The molecule has 2 aliphatic rings. The molecule has 0 aromatic carbocycles. The summed E-state index contributed by atoms with van der Waals surface area (Å²) in [6.45, 7) is 3.41. The fourth-order valence-electron chi connectivity index (χ4n) is 2.46. The number of fused-ring (bicyclic) bond motifs is 1. The third-order valence-electron chi connectivity index (χ3n) is 3.59. The number of hydrogen-bond donors (Lipinski definition) is 2. The lowest BCUT2D eigenvalue weighted by Gasteiger charge is -2.26. The molecule has 0 spiro atoms. The van der Waals surface area contributed by atoms with Crippen molar-refractivity contribution in [3.8, 4) is 0 Å². The van der Waals surface area contributed by atoms with Gasteiger partial charge in [-0.25, -0.2) is 0 Å². The van der Waals surface area contributed by atoms with E-state index in [4.69, 9.17) is 0 Å². The zero-order valence-corrected chi connectivity index (χ0v) is 11.6. The van der Waals surface area contributed by atoms with Crippen LogP contribution in [-0.2, 0) is 0 Å². The zero-order chi connectivity index (χ0) is 12.5. The summed E-state index contributed by atoms with van der Waals surface area (Å²) in [4.78, 5) is 5.76. The van der Waals surface area contributed by atoms with Crippen LogP contribution in [0.3, 0.4) is 0 Å². The number of thiazole rings is 1. The molecule has 3 nitrogen and oxygen atoms in total. The molecule has 2 atom stereocenters. The van der Waals surface area contributed by atoms with Gasteiger partial charge in [0.1, 0.15) is 11.6 Å². The number of piperidine rings is 1. The van der Waals surface area contributed by atoms with Crippen molar-refractivity contribution in [2.45, 2.75) is 25.8 Å². The van der Waals surface area contributed by atoms with Crippen LogP contribution in [0.2, 0.25) is 0 Å². The number of anilines is 1. The van der Waals surface area contributed by atoms with Gasteiger partial charge in [-0.15, -0.1) is 0 Å². The van der Waals surface area contributed by atoms with E-state index >= 15 is 0 Å². The average molecular weight is 260 g/mol. The van der Waals surface area contributed by atoms with Gasteiger partial charge >= 0.3 is 0 Å². The summed E-state index contributed by atoms with van der Waals surface area (Å²) in [5.41, 5.74) is 2.33. The fraction of sp³-hybridized carbons (Fsp3) is 0.500. The van der Waals surface area contributed by atoms with Gasteiger partial charge in [-0.2, -0.15) is 4.98 Å². The van der Waals surface area contributed by atoms with Crippen LogP contribution in [0.1, 0.15) is 30.3 Å². The second-order valence-electron chi connectivity index (χ2n) is 5.05. The highest BCUT2D eigenvalue weighted by molar-refractivity contribution is 7.16. The van der Waals surface area contributed by atoms with Gasteiger partial charge in [-0.3, -0.25) is 0 Å². The zero-order valence-electron chi connectivity index (χ0n) is 10.8. The summed E-state index contributed by atoms with van der Waals surface area (Å²) in [6.07, 6.45) is 10.2. The van der Waals surface area contributed by atoms with Crippen LogP contribution in [-0.4, -0.2) is 24.6 Å². The highest BCUT2D eigenvalue weighted by Gasteiger charge is 2.28. The Bertz CT molecular complexity index is 493. The maximum Gasteiger partial charge on any atom is 0.198 e. The molecule has 94 valence electrons. The fourth-order valence-corrected chi connectivity index (χ4v) is 3.24. The summed E-state index contributed by atoms with van der Waals surface area (Å²) in [5.74, 6) is 0.792. The molecule has 1 aliphatic carbocycles. The molecule has 2 unspecified atom stereocenters. The van der Waals surface area contributed by atoms with Gasteiger partial charge in [-0.1, -0.05) is 6.92 Å². The SMILES string of the molecule is CNc1nc2c(s1)C=[C+]C(C1CCC(C)CN1)=C2. The molecule has 1 aromatic rings.